The first-order valence-corrected chi connectivity index (χ1v) is 12.4. The fraction of sp³-hybridized carbons (Fsp3) is 0.385. The zero-order valence-electron chi connectivity index (χ0n) is 21.0. The number of piperidine rings is 1. The van der Waals surface area contributed by atoms with Crippen LogP contribution in [0, 0.1) is 13.8 Å². The molecule has 4 aromatic rings. The van der Waals surface area contributed by atoms with Gasteiger partial charge in [0.1, 0.15) is 10.8 Å². The Morgan fingerprint density at radius 1 is 1.19 bits per heavy atom. The number of rotatable bonds is 5. The number of hydrogen-bond acceptors (Lipinski definition) is 7. The first-order chi connectivity index (χ1) is 17.6. The summed E-state index contributed by atoms with van der Waals surface area (Å²) < 4.78 is 34.7. The molecule has 1 aliphatic rings. The van der Waals surface area contributed by atoms with E-state index in [0.29, 0.717) is 17.2 Å². The van der Waals surface area contributed by atoms with Gasteiger partial charge in [-0.25, -0.2) is 28.5 Å². The highest BCUT2D eigenvalue weighted by molar-refractivity contribution is 6.29. The molecule has 37 heavy (non-hydrogen) atoms. The van der Waals surface area contributed by atoms with Crippen molar-refractivity contribution in [3.8, 4) is 0 Å². The third kappa shape index (κ3) is 4.66. The van der Waals surface area contributed by atoms with E-state index in [0.717, 1.165) is 27.9 Å². The van der Waals surface area contributed by atoms with E-state index in [1.54, 1.807) is 18.3 Å². The van der Waals surface area contributed by atoms with Gasteiger partial charge in [0.2, 0.25) is 5.95 Å². The lowest BCUT2D eigenvalue weighted by atomic mass is 10.0. The van der Waals surface area contributed by atoms with E-state index in [9.17, 15) is 13.6 Å². The summed E-state index contributed by atoms with van der Waals surface area (Å²) in [7, 11) is 1.28. The molecule has 0 aliphatic carbocycles. The summed E-state index contributed by atoms with van der Waals surface area (Å²) in [5.74, 6) is -2.68. The van der Waals surface area contributed by atoms with E-state index in [4.69, 9.17) is 21.3 Å². The highest BCUT2D eigenvalue weighted by Gasteiger charge is 2.35. The van der Waals surface area contributed by atoms with Crippen LogP contribution in [-0.2, 0) is 4.74 Å². The van der Waals surface area contributed by atoms with Gasteiger partial charge in [0.15, 0.2) is 5.69 Å². The molecule has 11 heteroatoms. The number of esters is 1. The Labute approximate surface area is 217 Å². The maximum atomic E-state index is 13.9. The second kappa shape index (κ2) is 9.41. The average molecular weight is 529 g/mol. The van der Waals surface area contributed by atoms with E-state index < -0.39 is 11.9 Å². The maximum absolute atomic E-state index is 13.9. The van der Waals surface area contributed by atoms with Crippen LogP contribution >= 0.6 is 11.6 Å². The molecule has 1 aromatic carbocycles. The van der Waals surface area contributed by atoms with Crippen LogP contribution in [-0.4, -0.2) is 51.4 Å². The monoisotopic (exact) mass is 528 g/mol. The summed E-state index contributed by atoms with van der Waals surface area (Å²) >= 11 is 6.02. The number of benzene rings is 1. The number of halogens is 3. The van der Waals surface area contributed by atoms with Gasteiger partial charge >= 0.3 is 5.97 Å². The van der Waals surface area contributed by atoms with E-state index in [2.05, 4.69) is 15.3 Å². The number of aryl methyl sites for hydroxylation is 2. The number of nitrogens with zero attached hydrogens (tertiary/aromatic N) is 5. The van der Waals surface area contributed by atoms with Crippen molar-refractivity contribution in [1.82, 2.24) is 19.4 Å². The zero-order chi connectivity index (χ0) is 26.5. The number of anilines is 2. The molecule has 1 fully saturated rings. The van der Waals surface area contributed by atoms with Crippen LogP contribution in [0.4, 0.5) is 20.4 Å². The lowest BCUT2D eigenvalue weighted by Gasteiger charge is -2.33. The molecule has 4 heterocycles. The van der Waals surface area contributed by atoms with Crippen molar-refractivity contribution in [2.24, 2.45) is 0 Å². The lowest BCUT2D eigenvalue weighted by Crippen LogP contribution is -2.40. The normalized spacial score (nSPS) is 16.2. The number of hydrogen-bond donors (Lipinski definition) is 1. The molecule has 1 aliphatic heterocycles. The third-order valence-electron chi connectivity index (χ3n) is 6.73. The molecule has 8 nitrogen and oxygen atoms in total. The molecule has 0 saturated carbocycles. The quantitative estimate of drug-likeness (QED) is 0.261. The van der Waals surface area contributed by atoms with Crippen LogP contribution in [0.15, 0.2) is 30.5 Å². The molecule has 0 radical (unpaired) electrons. The number of nitrogens with one attached hydrogen (secondary N) is 1. The van der Waals surface area contributed by atoms with Crippen LogP contribution in [0.3, 0.4) is 0 Å². The van der Waals surface area contributed by atoms with E-state index in [-0.39, 0.29) is 42.8 Å². The minimum Gasteiger partial charge on any atom is -0.464 e. The molecule has 0 spiro atoms. The Balaban J connectivity index is 1.64. The first kappa shape index (κ1) is 25.1. The molecule has 0 bridgehead atoms. The molecular weight excluding hydrogens is 502 g/mol. The summed E-state index contributed by atoms with van der Waals surface area (Å²) in [5, 5.41) is 4.38. The second-order valence-corrected chi connectivity index (χ2v) is 9.84. The topological polar surface area (TPSA) is 84.6 Å². The number of fused-ring (bicyclic) bond motifs is 3. The number of pyridine rings is 1. The lowest BCUT2D eigenvalue weighted by molar-refractivity contribution is -0.0222. The van der Waals surface area contributed by atoms with Gasteiger partial charge in [-0.1, -0.05) is 17.7 Å². The summed E-state index contributed by atoms with van der Waals surface area (Å²) in [4.78, 5) is 28.0. The Morgan fingerprint density at radius 2 is 1.92 bits per heavy atom. The minimum atomic E-state index is -2.67. The van der Waals surface area contributed by atoms with Gasteiger partial charge in [0, 0.05) is 48.8 Å². The number of alkyl halides is 2. The van der Waals surface area contributed by atoms with E-state index in [1.807, 2.05) is 42.2 Å². The molecule has 0 amide bonds. The number of ether oxygens (including phenoxy) is 1. The second-order valence-electron chi connectivity index (χ2n) is 9.45. The predicted octanol–water partition coefficient (Wildman–Crippen LogP) is 5.74. The Bertz CT molecular complexity index is 1510. The molecule has 1 atom stereocenters. The average Bonchev–Trinajstić information content (AvgIpc) is 3.25. The van der Waals surface area contributed by atoms with Gasteiger partial charge < -0.3 is 15.0 Å². The van der Waals surface area contributed by atoms with Crippen LogP contribution in [0.1, 0.15) is 53.1 Å². The Morgan fingerprint density at radius 3 is 2.62 bits per heavy atom. The fourth-order valence-corrected chi connectivity index (χ4v) is 4.97. The Kier molecular flexibility index (Phi) is 6.39. The first-order valence-electron chi connectivity index (χ1n) is 12.0. The molecule has 0 unspecified atom stereocenters. The van der Waals surface area contributed by atoms with Gasteiger partial charge in [-0.2, -0.15) is 0 Å². The molecule has 1 N–H and O–H groups in total. The number of aromatic nitrogens is 4. The van der Waals surface area contributed by atoms with Gasteiger partial charge in [-0.05, 0) is 44.5 Å². The van der Waals surface area contributed by atoms with Crippen LogP contribution < -0.4 is 10.2 Å². The minimum absolute atomic E-state index is 0.0768. The van der Waals surface area contributed by atoms with Crippen molar-refractivity contribution < 1.29 is 18.3 Å². The SMILES string of the molecule is COC(=O)c1nc(Cl)ccc1N[C@H](C)c1cc(C)cc2c1nc(N1CCC(F)(F)CC1)n1c(C)cnc21. The van der Waals surface area contributed by atoms with Crippen molar-refractivity contribution in [3.63, 3.8) is 0 Å². The standard InChI is InChI=1S/C26H27ClF2N6O2/c1-14-11-17(16(3)31-19-5-6-20(27)32-22(19)24(36)37-4)21-18(12-14)23-30-13-15(2)35(23)25(33-21)34-9-7-26(28,29)8-10-34/h5-6,11-13,16,31H,7-10H2,1-4H3/t16-/m1/s1. The van der Waals surface area contributed by atoms with E-state index >= 15 is 0 Å². The number of carbonyl (C=O) groups excluding carboxylic acids is 1. The summed E-state index contributed by atoms with van der Waals surface area (Å²) in [6.07, 6.45) is 1.32. The van der Waals surface area contributed by atoms with Crippen LogP contribution in [0.5, 0.6) is 0 Å². The van der Waals surface area contributed by atoms with Crippen LogP contribution in [0.25, 0.3) is 16.6 Å². The van der Waals surface area contributed by atoms with Crippen molar-refractivity contribution in [3.05, 3.63) is 58.1 Å². The fourth-order valence-electron chi connectivity index (χ4n) is 4.82. The highest BCUT2D eigenvalue weighted by Crippen LogP contribution is 2.35. The van der Waals surface area contributed by atoms with Crippen molar-refractivity contribution >= 4 is 45.8 Å². The summed E-state index contributed by atoms with van der Waals surface area (Å²) in [5.41, 5.74) is 4.72. The number of imidazole rings is 1. The Hall–Kier alpha value is -3.53. The van der Waals surface area contributed by atoms with E-state index in [1.165, 1.54) is 7.11 Å². The molecule has 5 rings (SSSR count). The largest absolute Gasteiger partial charge is 0.464 e. The molecule has 3 aromatic heterocycles. The molecular formula is C26H27ClF2N6O2. The van der Waals surface area contributed by atoms with Crippen molar-refractivity contribution in [2.45, 2.75) is 45.6 Å². The number of methoxy groups -OCH3 is 1. The van der Waals surface area contributed by atoms with Gasteiger partial charge in [0.25, 0.3) is 5.92 Å². The zero-order valence-corrected chi connectivity index (χ0v) is 21.7. The third-order valence-corrected chi connectivity index (χ3v) is 6.94. The predicted molar refractivity (Wildman–Crippen MR) is 139 cm³/mol. The van der Waals surface area contributed by atoms with Gasteiger partial charge in [-0.15, -0.1) is 0 Å². The van der Waals surface area contributed by atoms with Crippen molar-refractivity contribution in [2.75, 3.05) is 30.4 Å². The van der Waals surface area contributed by atoms with Crippen LogP contribution in [0.2, 0.25) is 5.15 Å². The maximum Gasteiger partial charge on any atom is 0.358 e. The smallest absolute Gasteiger partial charge is 0.358 e. The van der Waals surface area contributed by atoms with Gasteiger partial charge in [-0.3, -0.25) is 4.40 Å². The molecule has 194 valence electrons. The molecule has 1 saturated heterocycles. The van der Waals surface area contributed by atoms with Gasteiger partial charge in [0.05, 0.1) is 24.4 Å². The summed E-state index contributed by atoms with van der Waals surface area (Å²) in [6, 6.07) is 7.01. The highest BCUT2D eigenvalue weighted by atomic mass is 35.5. The van der Waals surface area contributed by atoms with Crippen molar-refractivity contribution in [1.29, 1.82) is 0 Å². The number of carbonyl (C=O) groups is 1. The summed E-state index contributed by atoms with van der Waals surface area (Å²) in [6.45, 7) is 6.27.